The molecule has 0 aliphatic carbocycles. The van der Waals surface area contributed by atoms with Crippen molar-refractivity contribution in [2.24, 2.45) is 0 Å². The van der Waals surface area contributed by atoms with E-state index in [2.05, 4.69) is 15.3 Å². The number of nitrogens with one attached hydrogen (secondary N) is 1. The number of likely N-dealkylation sites (tertiary alicyclic amines) is 1. The van der Waals surface area contributed by atoms with Crippen molar-refractivity contribution in [2.75, 3.05) is 18.5 Å². The number of fused-ring (bicyclic) bond motifs is 1. The number of urea groups is 1. The normalized spacial score (nSPS) is 17.2. The van der Waals surface area contributed by atoms with E-state index in [0.717, 1.165) is 12.8 Å². The number of rotatable bonds is 3. The van der Waals surface area contributed by atoms with E-state index in [0.29, 0.717) is 34.9 Å². The van der Waals surface area contributed by atoms with Gasteiger partial charge in [0.05, 0.1) is 12.6 Å². The first-order valence-electron chi connectivity index (χ1n) is 8.25. The van der Waals surface area contributed by atoms with Crippen LogP contribution in [0, 0.1) is 0 Å². The van der Waals surface area contributed by atoms with Gasteiger partial charge in [-0.3, -0.25) is 4.98 Å². The highest BCUT2D eigenvalue weighted by Crippen LogP contribution is 2.26. The fourth-order valence-corrected chi connectivity index (χ4v) is 3.09. The van der Waals surface area contributed by atoms with Crippen LogP contribution in [0.15, 0.2) is 47.0 Å². The number of nitrogens with zero attached hydrogens (tertiary/aromatic N) is 3. The molecule has 2 N–H and O–H groups in total. The molecule has 1 atom stereocenters. The van der Waals surface area contributed by atoms with Gasteiger partial charge in [-0.2, -0.15) is 0 Å². The molecule has 0 spiro atoms. The van der Waals surface area contributed by atoms with Gasteiger partial charge in [0.25, 0.3) is 0 Å². The molecule has 7 nitrogen and oxygen atoms in total. The van der Waals surface area contributed by atoms with Crippen LogP contribution in [0.2, 0.25) is 0 Å². The van der Waals surface area contributed by atoms with Gasteiger partial charge in [0, 0.05) is 24.5 Å². The summed E-state index contributed by atoms with van der Waals surface area (Å²) in [5.41, 5.74) is 2.57. The summed E-state index contributed by atoms with van der Waals surface area (Å²) in [5.74, 6) is 0.443. The van der Waals surface area contributed by atoms with Gasteiger partial charge in [-0.05, 0) is 37.1 Å². The largest absolute Gasteiger partial charge is 0.435 e. The number of benzene rings is 1. The number of pyridine rings is 1. The maximum absolute atomic E-state index is 12.4. The molecule has 3 heterocycles. The third-order valence-corrected chi connectivity index (χ3v) is 4.37. The maximum Gasteiger partial charge on any atom is 0.322 e. The number of aliphatic hydroxyl groups excluding tert-OH is 1. The van der Waals surface area contributed by atoms with E-state index in [9.17, 15) is 9.90 Å². The summed E-state index contributed by atoms with van der Waals surface area (Å²) >= 11 is 0. The van der Waals surface area contributed by atoms with Crippen LogP contribution in [0.4, 0.5) is 10.5 Å². The van der Waals surface area contributed by atoms with Crippen molar-refractivity contribution in [3.63, 3.8) is 0 Å². The molecule has 4 rings (SSSR count). The molecule has 1 aliphatic heterocycles. The Morgan fingerprint density at radius 3 is 3.08 bits per heavy atom. The first-order chi connectivity index (χ1) is 12.2. The standard InChI is InChI=1S/C18H18N4O3/c23-11-13-4-3-9-22(13)18(24)20-12-6-7-14-16(10-12)25-17(21-14)15-5-1-2-8-19-15/h1-2,5-8,10,13,23H,3-4,9,11H2,(H,20,24)/t13-/m0/s1. The lowest BCUT2D eigenvalue weighted by Crippen LogP contribution is -2.40. The molecule has 1 fully saturated rings. The molecule has 0 unspecified atom stereocenters. The van der Waals surface area contributed by atoms with Crippen LogP contribution in [0.25, 0.3) is 22.7 Å². The minimum atomic E-state index is -0.208. The number of carbonyl (C=O) groups is 1. The predicted molar refractivity (Wildman–Crippen MR) is 93.1 cm³/mol. The molecule has 0 radical (unpaired) electrons. The molecule has 128 valence electrons. The van der Waals surface area contributed by atoms with Crippen LogP contribution >= 0.6 is 0 Å². The summed E-state index contributed by atoms with van der Waals surface area (Å²) in [6.45, 7) is 0.646. The van der Waals surface area contributed by atoms with Crippen molar-refractivity contribution >= 4 is 22.8 Å². The Balaban J connectivity index is 1.56. The van der Waals surface area contributed by atoms with Crippen molar-refractivity contribution < 1.29 is 14.3 Å². The SMILES string of the molecule is O=C(Nc1ccc2nc(-c3ccccn3)oc2c1)N1CCC[C@H]1CO. The molecule has 0 saturated carbocycles. The number of carbonyl (C=O) groups excluding carboxylic acids is 1. The van der Waals surface area contributed by atoms with E-state index in [1.54, 1.807) is 29.3 Å². The van der Waals surface area contributed by atoms with E-state index in [1.165, 1.54) is 0 Å². The van der Waals surface area contributed by atoms with Crippen molar-refractivity contribution in [3.8, 4) is 11.6 Å². The zero-order valence-corrected chi connectivity index (χ0v) is 13.6. The monoisotopic (exact) mass is 338 g/mol. The summed E-state index contributed by atoms with van der Waals surface area (Å²) in [6, 6.07) is 10.6. The smallest absolute Gasteiger partial charge is 0.322 e. The van der Waals surface area contributed by atoms with Gasteiger partial charge in [0.1, 0.15) is 11.2 Å². The van der Waals surface area contributed by atoms with Crippen LogP contribution in [-0.2, 0) is 0 Å². The van der Waals surface area contributed by atoms with Crippen LogP contribution in [0.1, 0.15) is 12.8 Å². The van der Waals surface area contributed by atoms with Gasteiger partial charge in [0.2, 0.25) is 5.89 Å². The van der Waals surface area contributed by atoms with E-state index in [1.807, 2.05) is 18.2 Å². The highest BCUT2D eigenvalue weighted by Gasteiger charge is 2.28. The van der Waals surface area contributed by atoms with Gasteiger partial charge in [0.15, 0.2) is 5.58 Å². The van der Waals surface area contributed by atoms with Crippen LogP contribution in [-0.4, -0.2) is 45.2 Å². The van der Waals surface area contributed by atoms with Crippen LogP contribution < -0.4 is 5.32 Å². The minimum absolute atomic E-state index is 0.0119. The quantitative estimate of drug-likeness (QED) is 0.766. The average Bonchev–Trinajstić information content (AvgIpc) is 3.28. The van der Waals surface area contributed by atoms with Crippen LogP contribution in [0.3, 0.4) is 0 Å². The molecule has 7 heteroatoms. The summed E-state index contributed by atoms with van der Waals surface area (Å²) in [4.78, 5) is 22.7. The Kier molecular flexibility index (Phi) is 4.07. The Labute approximate surface area is 144 Å². The van der Waals surface area contributed by atoms with Gasteiger partial charge < -0.3 is 19.7 Å². The third-order valence-electron chi connectivity index (χ3n) is 4.37. The summed E-state index contributed by atoms with van der Waals surface area (Å²) < 4.78 is 5.77. The predicted octanol–water partition coefficient (Wildman–Crippen LogP) is 2.88. The van der Waals surface area contributed by atoms with Crippen LogP contribution in [0.5, 0.6) is 0 Å². The maximum atomic E-state index is 12.4. The minimum Gasteiger partial charge on any atom is -0.435 e. The molecule has 0 bridgehead atoms. The number of hydrogen-bond donors (Lipinski definition) is 2. The molecule has 2 amide bonds. The van der Waals surface area contributed by atoms with Gasteiger partial charge in [-0.1, -0.05) is 6.07 Å². The second kappa shape index (κ2) is 6.52. The van der Waals surface area contributed by atoms with Crippen molar-refractivity contribution in [2.45, 2.75) is 18.9 Å². The summed E-state index contributed by atoms with van der Waals surface area (Å²) in [5, 5.41) is 12.2. The van der Waals surface area contributed by atoms with Gasteiger partial charge >= 0.3 is 6.03 Å². The van der Waals surface area contributed by atoms with Crippen molar-refractivity contribution in [3.05, 3.63) is 42.6 Å². The fourth-order valence-electron chi connectivity index (χ4n) is 3.09. The highest BCUT2D eigenvalue weighted by atomic mass is 16.3. The molecule has 25 heavy (non-hydrogen) atoms. The topological polar surface area (TPSA) is 91.5 Å². The lowest BCUT2D eigenvalue weighted by molar-refractivity contribution is 0.166. The number of hydrogen-bond acceptors (Lipinski definition) is 5. The highest BCUT2D eigenvalue weighted by molar-refractivity contribution is 5.92. The molecule has 2 aromatic heterocycles. The summed E-state index contributed by atoms with van der Waals surface area (Å²) in [6.07, 6.45) is 3.43. The number of amides is 2. The van der Waals surface area contributed by atoms with E-state index >= 15 is 0 Å². The Hall–Kier alpha value is -2.93. The van der Waals surface area contributed by atoms with Crippen molar-refractivity contribution in [1.82, 2.24) is 14.9 Å². The lowest BCUT2D eigenvalue weighted by atomic mass is 10.2. The second-order valence-corrected chi connectivity index (χ2v) is 6.02. The van der Waals surface area contributed by atoms with Crippen molar-refractivity contribution in [1.29, 1.82) is 0 Å². The molecular formula is C18H18N4O3. The van der Waals surface area contributed by atoms with Gasteiger partial charge in [-0.25, -0.2) is 9.78 Å². The number of anilines is 1. The number of oxazole rings is 1. The molecule has 1 aliphatic rings. The molecule has 3 aromatic rings. The Morgan fingerprint density at radius 2 is 2.28 bits per heavy atom. The summed E-state index contributed by atoms with van der Waals surface area (Å²) in [7, 11) is 0. The lowest BCUT2D eigenvalue weighted by Gasteiger charge is -2.23. The molecular weight excluding hydrogens is 320 g/mol. The van der Waals surface area contributed by atoms with E-state index in [4.69, 9.17) is 4.42 Å². The second-order valence-electron chi connectivity index (χ2n) is 6.02. The zero-order chi connectivity index (χ0) is 17.2. The first kappa shape index (κ1) is 15.6. The number of aromatic nitrogens is 2. The zero-order valence-electron chi connectivity index (χ0n) is 13.6. The average molecular weight is 338 g/mol. The number of aliphatic hydroxyl groups is 1. The third kappa shape index (κ3) is 3.06. The van der Waals surface area contributed by atoms with Gasteiger partial charge in [-0.15, -0.1) is 0 Å². The fraction of sp³-hybridized carbons (Fsp3) is 0.278. The van der Waals surface area contributed by atoms with E-state index in [-0.39, 0.29) is 18.7 Å². The van der Waals surface area contributed by atoms with E-state index < -0.39 is 0 Å². The Morgan fingerprint density at radius 1 is 1.36 bits per heavy atom. The first-order valence-corrected chi connectivity index (χ1v) is 8.25. The molecule has 1 saturated heterocycles. The Bertz CT molecular complexity index is 894. The molecule has 1 aromatic carbocycles.